The van der Waals surface area contributed by atoms with Gasteiger partial charge in [-0.1, -0.05) is 13.8 Å². The second kappa shape index (κ2) is 9.06. The molecule has 7 heteroatoms. The molecule has 3 aromatic heterocycles. The van der Waals surface area contributed by atoms with Crippen LogP contribution in [0.25, 0.3) is 33.6 Å². The van der Waals surface area contributed by atoms with Crippen molar-refractivity contribution in [2.45, 2.75) is 40.0 Å². The molecule has 4 heterocycles. The van der Waals surface area contributed by atoms with E-state index in [1.165, 1.54) is 11.8 Å². The number of benzene rings is 1. The summed E-state index contributed by atoms with van der Waals surface area (Å²) in [6.45, 7) is 11.1. The number of rotatable bonds is 6. The molecule has 34 heavy (non-hydrogen) atoms. The van der Waals surface area contributed by atoms with E-state index >= 15 is 0 Å². The van der Waals surface area contributed by atoms with E-state index in [0.717, 1.165) is 58.6 Å². The van der Waals surface area contributed by atoms with E-state index in [2.05, 4.69) is 63.7 Å². The molecule has 4 aromatic rings. The fourth-order valence-corrected chi connectivity index (χ4v) is 4.88. The summed E-state index contributed by atoms with van der Waals surface area (Å²) in [6, 6.07) is 10.4. The number of aryl methyl sites for hydroxylation is 2. The van der Waals surface area contributed by atoms with E-state index in [4.69, 9.17) is 4.42 Å². The number of carbonyl (C=O) groups excluding carboxylic acids is 1. The molecular weight excluding hydrogens is 426 g/mol. The van der Waals surface area contributed by atoms with Crippen LogP contribution in [0.1, 0.15) is 53.6 Å². The van der Waals surface area contributed by atoms with Crippen molar-refractivity contribution in [3.8, 4) is 22.7 Å². The first-order valence-corrected chi connectivity index (χ1v) is 11.9. The van der Waals surface area contributed by atoms with Gasteiger partial charge in [-0.2, -0.15) is 0 Å². The van der Waals surface area contributed by atoms with Gasteiger partial charge in [0, 0.05) is 40.0 Å². The first-order chi connectivity index (χ1) is 16.4. The minimum atomic E-state index is -0.196. The van der Waals surface area contributed by atoms with Crippen molar-refractivity contribution in [3.63, 3.8) is 0 Å². The smallest absolute Gasteiger partial charge is 0.273 e. The molecule has 5 rings (SSSR count). The number of aromatic amines is 1. The van der Waals surface area contributed by atoms with Crippen molar-refractivity contribution in [1.82, 2.24) is 25.6 Å². The Labute approximate surface area is 199 Å². The van der Waals surface area contributed by atoms with Gasteiger partial charge in [0.15, 0.2) is 5.69 Å². The third-order valence-electron chi connectivity index (χ3n) is 6.48. The molecule has 0 aliphatic carbocycles. The van der Waals surface area contributed by atoms with Crippen molar-refractivity contribution in [1.29, 1.82) is 0 Å². The van der Waals surface area contributed by atoms with E-state index in [9.17, 15) is 4.79 Å². The molecule has 1 saturated heterocycles. The molecule has 1 aromatic carbocycles. The molecule has 1 amide bonds. The Morgan fingerprint density at radius 2 is 1.94 bits per heavy atom. The SMILES string of the molecule is Cc1cc(-c2[nH]c3ccc(-c4nc(C(=O)NCC5CCNC5)co4)cc3c2C(C)C)cc(C)n1. The van der Waals surface area contributed by atoms with E-state index in [1.54, 1.807) is 0 Å². The highest BCUT2D eigenvalue weighted by molar-refractivity contribution is 5.95. The number of pyridine rings is 1. The predicted molar refractivity (Wildman–Crippen MR) is 134 cm³/mol. The normalized spacial score (nSPS) is 16.0. The lowest BCUT2D eigenvalue weighted by atomic mass is 9.95. The third kappa shape index (κ3) is 4.35. The van der Waals surface area contributed by atoms with Gasteiger partial charge in [0.05, 0.1) is 5.69 Å². The summed E-state index contributed by atoms with van der Waals surface area (Å²) >= 11 is 0. The second-order valence-corrected chi connectivity index (χ2v) is 9.57. The van der Waals surface area contributed by atoms with Crippen LogP contribution in [0.4, 0.5) is 0 Å². The van der Waals surface area contributed by atoms with Crippen LogP contribution < -0.4 is 10.6 Å². The van der Waals surface area contributed by atoms with Crippen molar-refractivity contribution in [2.24, 2.45) is 5.92 Å². The Morgan fingerprint density at radius 1 is 1.15 bits per heavy atom. The quantitative estimate of drug-likeness (QED) is 0.380. The van der Waals surface area contributed by atoms with E-state index in [1.807, 2.05) is 19.9 Å². The zero-order valence-electron chi connectivity index (χ0n) is 20.2. The molecule has 1 aliphatic heterocycles. The van der Waals surface area contributed by atoms with Gasteiger partial charge < -0.3 is 20.0 Å². The molecular formula is C27H31N5O2. The molecule has 3 N–H and O–H groups in total. The van der Waals surface area contributed by atoms with Crippen LogP contribution in [0, 0.1) is 19.8 Å². The number of H-pyrrole nitrogens is 1. The molecule has 0 bridgehead atoms. The monoisotopic (exact) mass is 457 g/mol. The number of oxazole rings is 1. The zero-order chi connectivity index (χ0) is 23.8. The Kier molecular flexibility index (Phi) is 5.96. The number of amides is 1. The fraction of sp³-hybridized carbons (Fsp3) is 0.370. The predicted octanol–water partition coefficient (Wildman–Crippen LogP) is 4.96. The standard InChI is InChI=1S/C27H31N5O2/c1-15(2)24-21-11-19(5-6-22(21)31-25(24)20-9-16(3)30-17(4)10-20)27-32-23(14-34-27)26(33)29-13-18-7-8-28-12-18/h5-6,9-11,14-15,18,28,31H,7-8,12-13H2,1-4H3,(H,29,33). The number of hydrogen-bond acceptors (Lipinski definition) is 5. The van der Waals surface area contributed by atoms with Crippen LogP contribution in [0.15, 0.2) is 41.0 Å². The minimum Gasteiger partial charge on any atom is -0.444 e. The lowest BCUT2D eigenvalue weighted by molar-refractivity contribution is 0.0943. The Balaban J connectivity index is 1.46. The van der Waals surface area contributed by atoms with Gasteiger partial charge in [-0.05, 0) is 81.1 Å². The van der Waals surface area contributed by atoms with Gasteiger partial charge in [-0.25, -0.2) is 4.98 Å². The van der Waals surface area contributed by atoms with Gasteiger partial charge in [0.2, 0.25) is 5.89 Å². The number of carbonyl (C=O) groups is 1. The summed E-state index contributed by atoms with van der Waals surface area (Å²) in [7, 11) is 0. The summed E-state index contributed by atoms with van der Waals surface area (Å²) in [5, 5.41) is 7.43. The summed E-state index contributed by atoms with van der Waals surface area (Å²) in [5.74, 6) is 1.03. The summed E-state index contributed by atoms with van der Waals surface area (Å²) in [5.41, 5.74) is 7.71. The zero-order valence-corrected chi connectivity index (χ0v) is 20.2. The molecule has 0 radical (unpaired) electrons. The lowest BCUT2D eigenvalue weighted by Crippen LogP contribution is -2.30. The van der Waals surface area contributed by atoms with E-state index in [0.29, 0.717) is 30.0 Å². The first-order valence-electron chi connectivity index (χ1n) is 11.9. The van der Waals surface area contributed by atoms with Crippen molar-refractivity contribution in [2.75, 3.05) is 19.6 Å². The molecule has 0 saturated carbocycles. The van der Waals surface area contributed by atoms with Gasteiger partial charge in [0.1, 0.15) is 6.26 Å². The van der Waals surface area contributed by atoms with E-state index in [-0.39, 0.29) is 5.91 Å². The largest absolute Gasteiger partial charge is 0.444 e. The molecule has 1 aliphatic rings. The molecule has 1 unspecified atom stereocenters. The molecule has 176 valence electrons. The highest BCUT2D eigenvalue weighted by atomic mass is 16.3. The van der Waals surface area contributed by atoms with Gasteiger partial charge >= 0.3 is 0 Å². The van der Waals surface area contributed by atoms with Crippen molar-refractivity contribution < 1.29 is 9.21 Å². The average Bonchev–Trinajstić information content (AvgIpc) is 3.55. The number of nitrogens with zero attached hydrogens (tertiary/aromatic N) is 2. The molecule has 1 fully saturated rings. The molecule has 1 atom stereocenters. The highest BCUT2D eigenvalue weighted by Crippen LogP contribution is 2.37. The number of aromatic nitrogens is 3. The van der Waals surface area contributed by atoms with Crippen LogP contribution in [-0.2, 0) is 0 Å². The maximum absolute atomic E-state index is 12.6. The van der Waals surface area contributed by atoms with Crippen molar-refractivity contribution >= 4 is 16.8 Å². The number of nitrogens with one attached hydrogen (secondary N) is 3. The van der Waals surface area contributed by atoms with Gasteiger partial charge in [-0.15, -0.1) is 0 Å². The maximum atomic E-state index is 12.6. The average molecular weight is 458 g/mol. The Bertz CT molecular complexity index is 1320. The van der Waals surface area contributed by atoms with Crippen LogP contribution in [0.3, 0.4) is 0 Å². The summed E-state index contributed by atoms with van der Waals surface area (Å²) < 4.78 is 5.71. The van der Waals surface area contributed by atoms with Crippen LogP contribution in [0.2, 0.25) is 0 Å². The van der Waals surface area contributed by atoms with Crippen LogP contribution in [-0.4, -0.2) is 40.5 Å². The summed E-state index contributed by atoms with van der Waals surface area (Å²) in [4.78, 5) is 25.2. The highest BCUT2D eigenvalue weighted by Gasteiger charge is 2.20. The Hall–Kier alpha value is -3.45. The Morgan fingerprint density at radius 3 is 2.65 bits per heavy atom. The van der Waals surface area contributed by atoms with Crippen LogP contribution in [0.5, 0.6) is 0 Å². The maximum Gasteiger partial charge on any atom is 0.273 e. The molecule has 7 nitrogen and oxygen atoms in total. The van der Waals surface area contributed by atoms with Gasteiger partial charge in [-0.3, -0.25) is 9.78 Å². The topological polar surface area (TPSA) is 95.8 Å². The van der Waals surface area contributed by atoms with Gasteiger partial charge in [0.25, 0.3) is 5.91 Å². The third-order valence-corrected chi connectivity index (χ3v) is 6.48. The van der Waals surface area contributed by atoms with Crippen molar-refractivity contribution in [3.05, 3.63) is 59.2 Å². The minimum absolute atomic E-state index is 0.196. The molecule has 0 spiro atoms. The van der Waals surface area contributed by atoms with E-state index < -0.39 is 0 Å². The summed E-state index contributed by atoms with van der Waals surface area (Å²) in [6.07, 6.45) is 2.52. The number of hydrogen-bond donors (Lipinski definition) is 3. The second-order valence-electron chi connectivity index (χ2n) is 9.57. The lowest BCUT2D eigenvalue weighted by Gasteiger charge is -2.10. The number of fused-ring (bicyclic) bond motifs is 1. The van der Waals surface area contributed by atoms with Crippen LogP contribution >= 0.6 is 0 Å². The fourth-order valence-electron chi connectivity index (χ4n) is 4.88. The first kappa shape index (κ1) is 22.3.